The molecule has 0 fully saturated rings. The van der Waals surface area contributed by atoms with Gasteiger partial charge in [0, 0.05) is 20.5 Å². The van der Waals surface area contributed by atoms with Gasteiger partial charge >= 0.3 is 5.97 Å². The Morgan fingerprint density at radius 1 is 1.50 bits per heavy atom. The Kier molecular flexibility index (Phi) is 8.48. The minimum Gasteiger partial charge on any atom is -0.369 e. The zero-order chi connectivity index (χ0) is 7.28. The maximum absolute atomic E-state index is 10.6. The molecule has 0 saturated carbocycles. The van der Waals surface area contributed by atoms with Crippen molar-refractivity contribution in [3.8, 4) is 0 Å². The van der Waals surface area contributed by atoms with Crippen LogP contribution in [-0.4, -0.2) is 25.1 Å². The molecule has 3 nitrogen and oxygen atoms in total. The first-order chi connectivity index (χ1) is 4.16. The van der Waals surface area contributed by atoms with E-state index in [2.05, 4.69) is 4.84 Å². The molecule has 0 N–H and O–H groups in total. The van der Waals surface area contributed by atoms with Crippen molar-refractivity contribution in [2.24, 2.45) is 0 Å². The van der Waals surface area contributed by atoms with Crippen LogP contribution in [0.2, 0.25) is 0 Å². The maximum atomic E-state index is 10.6. The van der Waals surface area contributed by atoms with Gasteiger partial charge in [-0.2, -0.15) is 0 Å². The van der Waals surface area contributed by atoms with Crippen molar-refractivity contribution in [3.05, 3.63) is 0 Å². The van der Waals surface area contributed by atoms with Gasteiger partial charge in [-0.25, -0.2) is 0 Å². The van der Waals surface area contributed by atoms with E-state index in [0.29, 0.717) is 6.42 Å². The van der Waals surface area contributed by atoms with E-state index in [9.17, 15) is 4.79 Å². The van der Waals surface area contributed by atoms with Crippen molar-refractivity contribution in [1.82, 2.24) is 5.06 Å². The molecule has 0 bridgehead atoms. The van der Waals surface area contributed by atoms with Crippen LogP contribution in [0.1, 0.15) is 19.8 Å². The van der Waals surface area contributed by atoms with Crippen molar-refractivity contribution >= 4 is 18.4 Å². The molecular weight excluding hydrogens is 154 g/mol. The number of rotatable bonds is 3. The highest BCUT2D eigenvalue weighted by atomic mass is 35.5. The monoisotopic (exact) mass is 167 g/mol. The lowest BCUT2D eigenvalue weighted by Gasteiger charge is -2.08. The summed E-state index contributed by atoms with van der Waals surface area (Å²) in [5.74, 6) is -0.164. The van der Waals surface area contributed by atoms with Crippen molar-refractivity contribution in [2.75, 3.05) is 14.1 Å². The van der Waals surface area contributed by atoms with Gasteiger partial charge in [0.2, 0.25) is 0 Å². The molecule has 4 heteroatoms. The average Bonchev–Trinajstić information content (AvgIpc) is 1.63. The second-order valence-electron chi connectivity index (χ2n) is 2.03. The smallest absolute Gasteiger partial charge is 0.325 e. The van der Waals surface area contributed by atoms with Gasteiger partial charge in [0.1, 0.15) is 0 Å². The van der Waals surface area contributed by atoms with Gasteiger partial charge < -0.3 is 4.84 Å². The zero-order valence-electron chi connectivity index (χ0n) is 6.59. The largest absolute Gasteiger partial charge is 0.369 e. The van der Waals surface area contributed by atoms with Gasteiger partial charge in [-0.3, -0.25) is 4.79 Å². The van der Waals surface area contributed by atoms with Gasteiger partial charge in [-0.15, -0.1) is 17.5 Å². The second kappa shape index (κ2) is 6.83. The molecule has 0 aliphatic heterocycles. The zero-order valence-corrected chi connectivity index (χ0v) is 7.40. The Bertz CT molecular complexity index is 95.7. The molecule has 10 heavy (non-hydrogen) atoms. The Labute approximate surface area is 67.7 Å². The SMILES string of the molecule is CCCC(=O)ON(C)C.Cl. The lowest BCUT2D eigenvalue weighted by atomic mass is 10.3. The molecule has 0 saturated heterocycles. The molecule has 62 valence electrons. The molecule has 0 heterocycles. The molecule has 0 aromatic rings. The first kappa shape index (κ1) is 12.4. The van der Waals surface area contributed by atoms with E-state index < -0.39 is 0 Å². The normalized spacial score (nSPS) is 8.80. The third-order valence-electron chi connectivity index (χ3n) is 0.739. The van der Waals surface area contributed by atoms with Crippen LogP contribution >= 0.6 is 12.4 Å². The van der Waals surface area contributed by atoms with E-state index in [4.69, 9.17) is 0 Å². The number of hydroxylamine groups is 2. The van der Waals surface area contributed by atoms with E-state index in [0.717, 1.165) is 6.42 Å². The molecule has 0 aliphatic carbocycles. The van der Waals surface area contributed by atoms with Gasteiger partial charge in [0.05, 0.1) is 0 Å². The van der Waals surface area contributed by atoms with Crippen molar-refractivity contribution in [3.63, 3.8) is 0 Å². The molecule has 0 amide bonds. The van der Waals surface area contributed by atoms with Crippen molar-refractivity contribution in [1.29, 1.82) is 0 Å². The van der Waals surface area contributed by atoms with Crippen LogP contribution < -0.4 is 0 Å². The summed E-state index contributed by atoms with van der Waals surface area (Å²) in [6.07, 6.45) is 1.34. The summed E-state index contributed by atoms with van der Waals surface area (Å²) < 4.78 is 0. The predicted molar refractivity (Wildman–Crippen MR) is 41.9 cm³/mol. The average molecular weight is 168 g/mol. The van der Waals surface area contributed by atoms with Crippen LogP contribution in [0.4, 0.5) is 0 Å². The second-order valence-corrected chi connectivity index (χ2v) is 2.03. The van der Waals surface area contributed by atoms with E-state index >= 15 is 0 Å². The number of halogens is 1. The molecule has 0 radical (unpaired) electrons. The summed E-state index contributed by atoms with van der Waals surface area (Å²) in [6.45, 7) is 1.94. The number of hydrogen-bond acceptors (Lipinski definition) is 3. The van der Waals surface area contributed by atoms with E-state index in [1.807, 2.05) is 6.92 Å². The summed E-state index contributed by atoms with van der Waals surface area (Å²) in [7, 11) is 3.38. The fraction of sp³-hybridized carbons (Fsp3) is 0.833. The Morgan fingerprint density at radius 3 is 2.30 bits per heavy atom. The summed E-state index contributed by atoms with van der Waals surface area (Å²) in [4.78, 5) is 15.3. The van der Waals surface area contributed by atoms with Crippen LogP contribution in [0, 0.1) is 0 Å². The molecular formula is C6H14ClNO2. The summed E-state index contributed by atoms with van der Waals surface area (Å²) in [5.41, 5.74) is 0. The third kappa shape index (κ3) is 7.72. The number of carbonyl (C=O) groups is 1. The first-order valence-corrected chi connectivity index (χ1v) is 3.05. The van der Waals surface area contributed by atoms with Crippen LogP contribution in [0.15, 0.2) is 0 Å². The van der Waals surface area contributed by atoms with Crippen LogP contribution in [0.3, 0.4) is 0 Å². The van der Waals surface area contributed by atoms with Gasteiger partial charge in [0.25, 0.3) is 0 Å². The summed E-state index contributed by atoms with van der Waals surface area (Å²) >= 11 is 0. The third-order valence-corrected chi connectivity index (χ3v) is 0.739. The molecule has 0 unspecified atom stereocenters. The number of hydrogen-bond donors (Lipinski definition) is 0. The highest BCUT2D eigenvalue weighted by molar-refractivity contribution is 5.85. The standard InChI is InChI=1S/C6H13NO2.ClH/c1-4-5-6(8)9-7(2)3;/h4-5H2,1-3H3;1H. The Balaban J connectivity index is 0. The van der Waals surface area contributed by atoms with Gasteiger partial charge in [-0.1, -0.05) is 6.92 Å². The Hall–Kier alpha value is -0.280. The summed E-state index contributed by atoms with van der Waals surface area (Å²) in [5, 5.41) is 1.40. The molecule has 0 aliphatic rings. The van der Waals surface area contributed by atoms with Gasteiger partial charge in [-0.05, 0) is 6.42 Å². The van der Waals surface area contributed by atoms with Crippen LogP contribution in [0.5, 0.6) is 0 Å². The predicted octanol–water partition coefficient (Wildman–Crippen LogP) is 1.23. The lowest BCUT2D eigenvalue weighted by molar-refractivity contribution is -0.178. The highest BCUT2D eigenvalue weighted by Crippen LogP contribution is 1.91. The van der Waals surface area contributed by atoms with E-state index in [1.54, 1.807) is 14.1 Å². The minimum absolute atomic E-state index is 0. The van der Waals surface area contributed by atoms with Crippen LogP contribution in [-0.2, 0) is 9.63 Å². The summed E-state index contributed by atoms with van der Waals surface area (Å²) in [6, 6.07) is 0. The van der Waals surface area contributed by atoms with E-state index in [1.165, 1.54) is 5.06 Å². The van der Waals surface area contributed by atoms with Gasteiger partial charge in [0.15, 0.2) is 0 Å². The highest BCUT2D eigenvalue weighted by Gasteiger charge is 2.00. The van der Waals surface area contributed by atoms with Crippen molar-refractivity contribution in [2.45, 2.75) is 19.8 Å². The minimum atomic E-state index is -0.164. The first-order valence-electron chi connectivity index (χ1n) is 3.05. The molecule has 0 aromatic heterocycles. The lowest BCUT2D eigenvalue weighted by Crippen LogP contribution is -2.17. The topological polar surface area (TPSA) is 29.5 Å². The fourth-order valence-electron chi connectivity index (χ4n) is 0.453. The van der Waals surface area contributed by atoms with Crippen molar-refractivity contribution < 1.29 is 9.63 Å². The molecule has 0 spiro atoms. The fourth-order valence-corrected chi connectivity index (χ4v) is 0.453. The van der Waals surface area contributed by atoms with Crippen LogP contribution in [0.25, 0.3) is 0 Å². The molecule has 0 rings (SSSR count). The van der Waals surface area contributed by atoms with E-state index in [-0.39, 0.29) is 18.4 Å². The maximum Gasteiger partial charge on any atom is 0.325 e. The molecule has 0 aromatic carbocycles. The Morgan fingerprint density at radius 2 is 2.00 bits per heavy atom. The number of nitrogens with zero attached hydrogens (tertiary/aromatic N) is 1. The number of carbonyl (C=O) groups excluding carboxylic acids is 1. The molecule has 0 atom stereocenters. The quantitative estimate of drug-likeness (QED) is 0.593.